The number of ether oxygens (including phenoxy) is 3. The van der Waals surface area contributed by atoms with Crippen molar-refractivity contribution in [3.05, 3.63) is 48.3 Å². The SMILES string of the molecule is CC(=O)O[C@@H]1[C@@H](COC(=O)c2ccccc2)O[C@@H](n2cnc3c(N)nc(F)nc32)[C@]1(O)F. The molecule has 0 unspecified atom stereocenters. The van der Waals surface area contributed by atoms with E-state index in [0.29, 0.717) is 0 Å². The van der Waals surface area contributed by atoms with E-state index in [0.717, 1.165) is 17.8 Å². The van der Waals surface area contributed by atoms with Crippen molar-refractivity contribution in [2.75, 3.05) is 12.3 Å². The number of halogens is 2. The summed E-state index contributed by atoms with van der Waals surface area (Å²) < 4.78 is 45.6. The summed E-state index contributed by atoms with van der Waals surface area (Å²) in [5, 5.41) is 10.6. The third kappa shape index (κ3) is 3.83. The molecule has 0 radical (unpaired) electrons. The van der Waals surface area contributed by atoms with Crippen LogP contribution in [-0.2, 0) is 19.0 Å². The van der Waals surface area contributed by atoms with Crippen LogP contribution in [0.5, 0.6) is 0 Å². The van der Waals surface area contributed by atoms with E-state index < -0.39 is 48.9 Å². The van der Waals surface area contributed by atoms with Gasteiger partial charge in [0.2, 0.25) is 0 Å². The predicted octanol–water partition coefficient (Wildman–Crippen LogP) is 0.892. The summed E-state index contributed by atoms with van der Waals surface area (Å²) in [5.74, 6) is -5.28. The lowest BCUT2D eigenvalue weighted by Gasteiger charge is -2.25. The zero-order chi connectivity index (χ0) is 23.0. The number of hydrogen-bond donors (Lipinski definition) is 2. The van der Waals surface area contributed by atoms with Crippen molar-refractivity contribution in [3.63, 3.8) is 0 Å². The van der Waals surface area contributed by atoms with Crippen molar-refractivity contribution in [2.24, 2.45) is 0 Å². The lowest BCUT2D eigenvalue weighted by Crippen LogP contribution is -2.46. The number of alkyl halides is 1. The number of carbonyl (C=O) groups excluding carboxylic acids is 2. The Morgan fingerprint density at radius 3 is 2.72 bits per heavy atom. The van der Waals surface area contributed by atoms with Crippen LogP contribution in [-0.4, -0.2) is 61.2 Å². The van der Waals surface area contributed by atoms with Crippen LogP contribution >= 0.6 is 0 Å². The molecule has 13 heteroatoms. The second-order valence-electron chi connectivity index (χ2n) is 6.95. The topological polar surface area (TPSA) is 152 Å². The molecule has 2 aromatic heterocycles. The highest BCUT2D eigenvalue weighted by Crippen LogP contribution is 2.42. The van der Waals surface area contributed by atoms with Gasteiger partial charge in [0, 0.05) is 6.92 Å². The molecule has 4 rings (SSSR count). The van der Waals surface area contributed by atoms with Crippen molar-refractivity contribution in [1.82, 2.24) is 19.5 Å². The van der Waals surface area contributed by atoms with Crippen LogP contribution in [0.2, 0.25) is 0 Å². The number of hydrogen-bond acceptors (Lipinski definition) is 10. The predicted molar refractivity (Wildman–Crippen MR) is 102 cm³/mol. The Hall–Kier alpha value is -3.71. The summed E-state index contributed by atoms with van der Waals surface area (Å²) >= 11 is 0. The first kappa shape index (κ1) is 21.5. The Morgan fingerprint density at radius 1 is 1.31 bits per heavy atom. The van der Waals surface area contributed by atoms with Gasteiger partial charge in [-0.3, -0.25) is 9.36 Å². The lowest BCUT2D eigenvalue weighted by atomic mass is 10.1. The number of aliphatic hydroxyl groups is 1. The second-order valence-corrected chi connectivity index (χ2v) is 6.95. The third-order valence-electron chi connectivity index (χ3n) is 4.74. The molecule has 32 heavy (non-hydrogen) atoms. The average Bonchev–Trinajstić information content (AvgIpc) is 3.25. The van der Waals surface area contributed by atoms with Crippen LogP contribution < -0.4 is 5.73 Å². The number of fused-ring (bicyclic) bond motifs is 1. The largest absolute Gasteiger partial charge is 0.459 e. The van der Waals surface area contributed by atoms with E-state index in [1.807, 2.05) is 0 Å². The Balaban J connectivity index is 1.64. The van der Waals surface area contributed by atoms with E-state index in [4.69, 9.17) is 19.9 Å². The number of aromatic nitrogens is 4. The number of anilines is 1. The lowest BCUT2D eigenvalue weighted by molar-refractivity contribution is -0.207. The molecule has 0 bridgehead atoms. The van der Waals surface area contributed by atoms with Crippen LogP contribution in [0.15, 0.2) is 36.7 Å². The first-order valence-corrected chi connectivity index (χ1v) is 9.30. The molecule has 0 aliphatic carbocycles. The number of carbonyl (C=O) groups is 2. The fraction of sp³-hybridized carbons (Fsp3) is 0.316. The maximum atomic E-state index is 15.5. The zero-order valence-corrected chi connectivity index (χ0v) is 16.5. The molecular weight excluding hydrogens is 432 g/mol. The van der Waals surface area contributed by atoms with E-state index in [9.17, 15) is 19.1 Å². The van der Waals surface area contributed by atoms with Gasteiger partial charge in [-0.2, -0.15) is 14.4 Å². The van der Waals surface area contributed by atoms with E-state index in [1.54, 1.807) is 18.2 Å². The molecule has 0 spiro atoms. The molecule has 0 amide bonds. The summed E-state index contributed by atoms with van der Waals surface area (Å²) in [6, 6.07) is 7.96. The summed E-state index contributed by atoms with van der Waals surface area (Å²) in [6.45, 7) is 0.443. The highest BCUT2D eigenvalue weighted by atomic mass is 19.2. The van der Waals surface area contributed by atoms with Gasteiger partial charge in [-0.1, -0.05) is 18.2 Å². The van der Waals surface area contributed by atoms with Gasteiger partial charge in [0.05, 0.1) is 11.9 Å². The highest BCUT2D eigenvalue weighted by Gasteiger charge is 2.61. The van der Waals surface area contributed by atoms with Crippen molar-refractivity contribution in [1.29, 1.82) is 0 Å². The number of nitrogens with two attached hydrogens (primary N) is 1. The van der Waals surface area contributed by atoms with Crippen molar-refractivity contribution < 1.29 is 37.7 Å². The Labute approximate surface area is 178 Å². The number of benzene rings is 1. The van der Waals surface area contributed by atoms with Crippen LogP contribution in [0.4, 0.5) is 14.6 Å². The molecule has 3 heterocycles. The molecule has 4 atom stereocenters. The van der Waals surface area contributed by atoms with E-state index in [2.05, 4.69) is 15.0 Å². The standard InChI is InChI=1S/C19H17F2N5O6/c1-9(27)31-13-11(7-30-16(28)10-5-3-2-4-6-10)32-17(19(13,21)29)26-8-23-12-14(22)24-18(20)25-15(12)26/h2-6,8,11,13,17,29H,7H2,1H3,(H2,22,24,25)/t11-,13-,17-,19+/m1/s1. The molecule has 1 saturated heterocycles. The molecule has 11 nitrogen and oxygen atoms in total. The van der Waals surface area contributed by atoms with Gasteiger partial charge in [-0.05, 0) is 12.1 Å². The fourth-order valence-electron chi connectivity index (χ4n) is 3.36. The van der Waals surface area contributed by atoms with Gasteiger partial charge in [0.25, 0.3) is 5.85 Å². The summed E-state index contributed by atoms with van der Waals surface area (Å²) in [5.41, 5.74) is 5.50. The van der Waals surface area contributed by atoms with E-state index >= 15 is 4.39 Å². The minimum atomic E-state index is -3.32. The number of nitrogens with zero attached hydrogens (tertiary/aromatic N) is 4. The molecule has 1 fully saturated rings. The third-order valence-corrected chi connectivity index (χ3v) is 4.74. The summed E-state index contributed by atoms with van der Waals surface area (Å²) in [7, 11) is 0. The molecule has 1 aliphatic heterocycles. The normalized spacial score (nSPS) is 25.1. The quantitative estimate of drug-likeness (QED) is 0.424. The van der Waals surface area contributed by atoms with Gasteiger partial charge in [0.1, 0.15) is 12.7 Å². The van der Waals surface area contributed by atoms with Gasteiger partial charge in [-0.25, -0.2) is 14.2 Å². The van der Waals surface area contributed by atoms with E-state index in [-0.39, 0.29) is 22.5 Å². The first-order chi connectivity index (χ1) is 15.2. The van der Waals surface area contributed by atoms with Crippen LogP contribution in [0.25, 0.3) is 11.2 Å². The smallest absolute Gasteiger partial charge is 0.338 e. The van der Waals surface area contributed by atoms with Crippen molar-refractivity contribution in [3.8, 4) is 0 Å². The number of esters is 2. The molecule has 1 aliphatic rings. The molecule has 3 aromatic rings. The minimum absolute atomic E-state index is 0.0613. The van der Waals surface area contributed by atoms with Gasteiger partial charge >= 0.3 is 18.0 Å². The highest BCUT2D eigenvalue weighted by molar-refractivity contribution is 5.89. The molecule has 1 aromatic carbocycles. The Kier molecular flexibility index (Phi) is 5.44. The van der Waals surface area contributed by atoms with Crippen molar-refractivity contribution in [2.45, 2.75) is 31.2 Å². The van der Waals surface area contributed by atoms with Crippen LogP contribution in [0, 0.1) is 6.08 Å². The maximum Gasteiger partial charge on any atom is 0.338 e. The monoisotopic (exact) mass is 449 g/mol. The summed E-state index contributed by atoms with van der Waals surface area (Å²) in [4.78, 5) is 34.5. The number of imidazole rings is 1. The van der Waals surface area contributed by atoms with Gasteiger partial charge in [-0.15, -0.1) is 0 Å². The zero-order valence-electron chi connectivity index (χ0n) is 16.5. The first-order valence-electron chi connectivity index (χ1n) is 9.30. The minimum Gasteiger partial charge on any atom is -0.459 e. The van der Waals surface area contributed by atoms with Gasteiger partial charge < -0.3 is 25.1 Å². The number of rotatable bonds is 5. The number of nitrogen functional groups attached to an aromatic ring is 1. The Morgan fingerprint density at radius 2 is 2.03 bits per heavy atom. The molecular formula is C19H17F2N5O6. The average molecular weight is 449 g/mol. The second kappa shape index (κ2) is 8.09. The molecule has 0 saturated carbocycles. The Bertz CT molecular complexity index is 1170. The summed E-state index contributed by atoms with van der Waals surface area (Å²) in [6.07, 6.45) is -5.37. The molecule has 168 valence electrons. The fourth-order valence-corrected chi connectivity index (χ4v) is 3.36. The molecule has 3 N–H and O–H groups in total. The van der Waals surface area contributed by atoms with Crippen LogP contribution in [0.1, 0.15) is 23.5 Å². The van der Waals surface area contributed by atoms with E-state index in [1.165, 1.54) is 12.1 Å². The van der Waals surface area contributed by atoms with Crippen molar-refractivity contribution >= 4 is 28.9 Å². The van der Waals surface area contributed by atoms with Crippen LogP contribution in [0.3, 0.4) is 0 Å². The van der Waals surface area contributed by atoms with Gasteiger partial charge in [0.15, 0.2) is 29.3 Å². The maximum absolute atomic E-state index is 15.5.